The molecule has 0 saturated heterocycles. The molecule has 2 saturated carbocycles. The molecule has 2 fully saturated rings. The number of nitrogens with zero attached hydrogens (tertiary/aromatic N) is 2. The van der Waals surface area contributed by atoms with Gasteiger partial charge in [-0.05, 0) is 38.0 Å². The van der Waals surface area contributed by atoms with Gasteiger partial charge in [-0.25, -0.2) is 9.79 Å². The van der Waals surface area contributed by atoms with E-state index in [0.717, 1.165) is 38.5 Å². The van der Waals surface area contributed by atoms with Crippen LogP contribution >= 0.6 is 0 Å². The van der Waals surface area contributed by atoms with Crippen molar-refractivity contribution >= 4 is 6.08 Å². The summed E-state index contributed by atoms with van der Waals surface area (Å²) in [6.07, 6.45) is 9.83. The highest BCUT2D eigenvalue weighted by molar-refractivity contribution is 5.33. The van der Waals surface area contributed by atoms with Gasteiger partial charge in [0.05, 0.1) is 6.04 Å². The first-order valence-electron chi connectivity index (χ1n) is 5.98. The highest BCUT2D eigenvalue weighted by atomic mass is 16.5. The van der Waals surface area contributed by atoms with Gasteiger partial charge in [-0.3, -0.25) is 0 Å². The second-order valence-electron chi connectivity index (χ2n) is 4.72. The molecule has 0 aromatic heterocycles. The Kier molecular flexibility index (Phi) is 3.58. The Balaban J connectivity index is 2.10. The number of isocyanates is 1. The lowest BCUT2D eigenvalue weighted by atomic mass is 9.67. The van der Waals surface area contributed by atoms with E-state index in [1.807, 2.05) is 6.26 Å². The third-order valence-electron chi connectivity index (χ3n) is 4.01. The number of ether oxygens (including phenoxy) is 1. The molecule has 2 aliphatic rings. The molecule has 0 radical (unpaired) electrons. The van der Waals surface area contributed by atoms with E-state index >= 15 is 0 Å². The fourth-order valence-corrected chi connectivity index (χ4v) is 3.36. The van der Waals surface area contributed by atoms with Crippen LogP contribution in [0.5, 0.6) is 0 Å². The molecule has 2 rings (SSSR count). The molecule has 0 amide bonds. The molecule has 0 aliphatic heterocycles. The molecule has 4 unspecified atom stereocenters. The zero-order valence-corrected chi connectivity index (χ0v) is 9.26. The third kappa shape index (κ3) is 2.10. The second kappa shape index (κ2) is 5.14. The molecule has 0 aromatic rings. The van der Waals surface area contributed by atoms with Gasteiger partial charge in [0.15, 0.2) is 0 Å². The molecule has 4 heteroatoms. The molecule has 0 spiro atoms. The molecular weight excluding hydrogens is 204 g/mol. The minimum Gasteiger partial charge on any atom is -0.424 e. The van der Waals surface area contributed by atoms with Crippen LogP contribution in [0.2, 0.25) is 0 Å². The molecule has 4 nitrogen and oxygen atoms in total. The molecule has 0 aromatic carbocycles. The Morgan fingerprint density at radius 1 is 1.12 bits per heavy atom. The summed E-state index contributed by atoms with van der Waals surface area (Å²) in [6.45, 7) is 0. The van der Waals surface area contributed by atoms with Crippen LogP contribution in [0.1, 0.15) is 38.5 Å². The fourth-order valence-electron chi connectivity index (χ4n) is 3.36. The van der Waals surface area contributed by atoms with E-state index in [4.69, 9.17) is 10.00 Å². The van der Waals surface area contributed by atoms with Gasteiger partial charge in [0.1, 0.15) is 6.10 Å². The highest BCUT2D eigenvalue weighted by Crippen LogP contribution is 2.42. The van der Waals surface area contributed by atoms with Crippen LogP contribution < -0.4 is 0 Å². The maximum absolute atomic E-state index is 10.4. The van der Waals surface area contributed by atoms with Crippen LogP contribution in [-0.2, 0) is 9.53 Å². The topological polar surface area (TPSA) is 62.4 Å². The first kappa shape index (κ1) is 11.2. The van der Waals surface area contributed by atoms with Crippen LogP contribution in [0.25, 0.3) is 0 Å². The number of hydrogen-bond donors (Lipinski definition) is 0. The van der Waals surface area contributed by atoms with Gasteiger partial charge in [0.25, 0.3) is 6.26 Å². The molecule has 86 valence electrons. The van der Waals surface area contributed by atoms with Gasteiger partial charge in [-0.2, -0.15) is 5.26 Å². The van der Waals surface area contributed by atoms with Gasteiger partial charge < -0.3 is 4.74 Å². The van der Waals surface area contributed by atoms with E-state index in [1.165, 1.54) is 0 Å². The molecular formula is C12H16N2O2. The predicted octanol–water partition coefficient (Wildman–Crippen LogP) is 2.16. The zero-order valence-electron chi connectivity index (χ0n) is 9.26. The predicted molar refractivity (Wildman–Crippen MR) is 57.1 cm³/mol. The normalized spacial score (nSPS) is 37.7. The maximum Gasteiger partial charge on any atom is 0.286 e. The lowest BCUT2D eigenvalue weighted by Gasteiger charge is -2.42. The second-order valence-corrected chi connectivity index (χ2v) is 4.72. The lowest BCUT2D eigenvalue weighted by molar-refractivity contribution is 0.000179. The van der Waals surface area contributed by atoms with Crippen LogP contribution in [0.3, 0.4) is 0 Å². The Morgan fingerprint density at radius 3 is 2.62 bits per heavy atom. The van der Waals surface area contributed by atoms with Gasteiger partial charge in [-0.15, -0.1) is 0 Å². The summed E-state index contributed by atoms with van der Waals surface area (Å²) in [6, 6.07) is 0.112. The van der Waals surface area contributed by atoms with E-state index in [2.05, 4.69) is 4.99 Å². The van der Waals surface area contributed by atoms with E-state index in [1.54, 1.807) is 6.08 Å². The third-order valence-corrected chi connectivity index (χ3v) is 4.01. The first-order valence-corrected chi connectivity index (χ1v) is 5.98. The van der Waals surface area contributed by atoms with E-state index in [0.29, 0.717) is 11.8 Å². The highest BCUT2D eigenvalue weighted by Gasteiger charge is 2.41. The summed E-state index contributed by atoms with van der Waals surface area (Å²) < 4.78 is 5.14. The largest absolute Gasteiger partial charge is 0.424 e. The molecule has 0 heterocycles. The molecule has 16 heavy (non-hydrogen) atoms. The number of aliphatic imine (C=N–C) groups is 1. The van der Waals surface area contributed by atoms with Crippen molar-refractivity contribution in [3.63, 3.8) is 0 Å². The van der Waals surface area contributed by atoms with Crippen LogP contribution in [0.15, 0.2) is 4.99 Å². The van der Waals surface area contributed by atoms with Crippen molar-refractivity contribution in [3.05, 3.63) is 0 Å². The van der Waals surface area contributed by atoms with E-state index in [9.17, 15) is 4.79 Å². The molecule has 2 aliphatic carbocycles. The summed E-state index contributed by atoms with van der Waals surface area (Å²) in [5.41, 5.74) is 0. The van der Waals surface area contributed by atoms with E-state index in [-0.39, 0.29) is 12.1 Å². The van der Waals surface area contributed by atoms with Crippen molar-refractivity contribution in [2.45, 2.75) is 50.7 Å². The van der Waals surface area contributed by atoms with Crippen LogP contribution in [-0.4, -0.2) is 18.2 Å². The quantitative estimate of drug-likeness (QED) is 0.407. The lowest BCUT2D eigenvalue weighted by Crippen LogP contribution is -2.41. The van der Waals surface area contributed by atoms with E-state index < -0.39 is 0 Å². The Hall–Kier alpha value is -1.33. The number of rotatable bonds is 2. The Bertz CT molecular complexity index is 330. The monoisotopic (exact) mass is 220 g/mol. The fraction of sp³-hybridized carbons (Fsp3) is 0.833. The van der Waals surface area contributed by atoms with Crippen molar-refractivity contribution < 1.29 is 9.53 Å². The van der Waals surface area contributed by atoms with Crippen molar-refractivity contribution in [1.29, 1.82) is 5.26 Å². The van der Waals surface area contributed by atoms with Gasteiger partial charge in [0, 0.05) is 5.92 Å². The van der Waals surface area contributed by atoms with Gasteiger partial charge in [0.2, 0.25) is 6.08 Å². The maximum atomic E-state index is 10.4. The summed E-state index contributed by atoms with van der Waals surface area (Å²) in [5, 5.41) is 8.62. The van der Waals surface area contributed by atoms with Crippen molar-refractivity contribution in [3.8, 4) is 6.26 Å². The van der Waals surface area contributed by atoms with Crippen molar-refractivity contribution in [2.75, 3.05) is 0 Å². The Labute approximate surface area is 95.3 Å². The average molecular weight is 220 g/mol. The first-order chi connectivity index (χ1) is 7.86. The van der Waals surface area contributed by atoms with Gasteiger partial charge >= 0.3 is 0 Å². The minimum absolute atomic E-state index is 0.0494. The van der Waals surface area contributed by atoms with Crippen molar-refractivity contribution in [2.24, 2.45) is 16.8 Å². The molecule has 4 atom stereocenters. The van der Waals surface area contributed by atoms with Crippen molar-refractivity contribution in [1.82, 2.24) is 0 Å². The van der Waals surface area contributed by atoms with Gasteiger partial charge in [-0.1, -0.05) is 6.42 Å². The standard InChI is InChI=1S/C12H16N2O2/c13-7-16-12-6-2-3-9-10(12)4-1-5-11(9)14-8-15/h9-12H,1-6H2. The minimum atomic E-state index is 0.0494. The number of fused-ring (bicyclic) bond motifs is 1. The summed E-state index contributed by atoms with van der Waals surface area (Å²) in [7, 11) is 0. The number of nitriles is 1. The summed E-state index contributed by atoms with van der Waals surface area (Å²) in [5.74, 6) is 0.826. The molecule has 0 N–H and O–H groups in total. The Morgan fingerprint density at radius 2 is 1.88 bits per heavy atom. The van der Waals surface area contributed by atoms with Crippen LogP contribution in [0.4, 0.5) is 0 Å². The number of hydrogen-bond acceptors (Lipinski definition) is 4. The number of carbonyl (C=O) groups excluding carboxylic acids is 1. The average Bonchev–Trinajstić information content (AvgIpc) is 2.31. The van der Waals surface area contributed by atoms with Crippen LogP contribution in [0, 0.1) is 23.4 Å². The summed E-state index contributed by atoms with van der Waals surface area (Å²) in [4.78, 5) is 14.3. The molecule has 0 bridgehead atoms. The SMILES string of the molecule is N#COC1CCCC2C(N=C=O)CCCC12. The zero-order chi connectivity index (χ0) is 11.4. The smallest absolute Gasteiger partial charge is 0.286 e. The summed E-state index contributed by atoms with van der Waals surface area (Å²) >= 11 is 0.